The van der Waals surface area contributed by atoms with Crippen LogP contribution in [0, 0.1) is 10.1 Å². The summed E-state index contributed by atoms with van der Waals surface area (Å²) in [6.07, 6.45) is 1.88. The molecule has 0 radical (unpaired) electrons. The van der Waals surface area contributed by atoms with E-state index in [0.29, 0.717) is 24.7 Å². The Bertz CT molecular complexity index is 885. The summed E-state index contributed by atoms with van der Waals surface area (Å²) >= 11 is 0. The maximum atomic E-state index is 13.1. The Kier molecular flexibility index (Phi) is 5.86. The number of nitro benzene ring substituents is 1. The van der Waals surface area contributed by atoms with Gasteiger partial charge in [-0.1, -0.05) is 0 Å². The predicted molar refractivity (Wildman–Crippen MR) is 103 cm³/mol. The number of non-ortho nitro benzene ring substituents is 1. The molecule has 1 fully saturated rings. The van der Waals surface area contributed by atoms with Crippen molar-refractivity contribution in [2.45, 2.75) is 45.2 Å². The van der Waals surface area contributed by atoms with Gasteiger partial charge in [0, 0.05) is 31.2 Å². The minimum absolute atomic E-state index is 0.0994. The summed E-state index contributed by atoms with van der Waals surface area (Å²) in [5.41, 5.74) is 0.181. The van der Waals surface area contributed by atoms with Crippen LogP contribution in [-0.4, -0.2) is 52.2 Å². The molecule has 8 heteroatoms. The number of ether oxygens (including phenoxy) is 1. The van der Waals surface area contributed by atoms with Crippen LogP contribution in [0.3, 0.4) is 0 Å². The Morgan fingerprint density at radius 2 is 2.04 bits per heavy atom. The zero-order chi connectivity index (χ0) is 19.6. The van der Waals surface area contributed by atoms with Gasteiger partial charge < -0.3 is 9.64 Å². The Balaban J connectivity index is 2.04. The average molecular weight is 374 g/mol. The van der Waals surface area contributed by atoms with E-state index in [9.17, 15) is 14.9 Å². The van der Waals surface area contributed by atoms with Crippen molar-refractivity contribution < 1.29 is 9.66 Å². The minimum atomic E-state index is -0.492. The largest absolute Gasteiger partial charge is 0.383 e. The molecule has 1 aromatic heterocycles. The van der Waals surface area contributed by atoms with Crippen LogP contribution in [-0.2, 0) is 11.3 Å². The molecule has 1 aliphatic heterocycles. The molecule has 0 amide bonds. The van der Waals surface area contributed by atoms with E-state index in [1.54, 1.807) is 17.7 Å². The first kappa shape index (κ1) is 19.4. The summed E-state index contributed by atoms with van der Waals surface area (Å²) in [4.78, 5) is 30.8. The highest BCUT2D eigenvalue weighted by atomic mass is 16.6. The highest BCUT2D eigenvalue weighted by Crippen LogP contribution is 2.28. The summed E-state index contributed by atoms with van der Waals surface area (Å²) in [6.45, 7) is 7.11. The average Bonchev–Trinajstić information content (AvgIpc) is 2.66. The van der Waals surface area contributed by atoms with Crippen molar-refractivity contribution in [2.24, 2.45) is 0 Å². The van der Waals surface area contributed by atoms with Gasteiger partial charge in [-0.25, -0.2) is 4.98 Å². The maximum Gasteiger partial charge on any atom is 0.270 e. The molecule has 2 heterocycles. The van der Waals surface area contributed by atoms with Gasteiger partial charge in [0.15, 0.2) is 0 Å². The predicted octanol–water partition coefficient (Wildman–Crippen LogP) is 2.54. The quantitative estimate of drug-likeness (QED) is 0.570. The molecule has 1 saturated heterocycles. The van der Waals surface area contributed by atoms with Crippen molar-refractivity contribution >= 4 is 16.6 Å². The van der Waals surface area contributed by atoms with Gasteiger partial charge in [-0.15, -0.1) is 0 Å². The van der Waals surface area contributed by atoms with Gasteiger partial charge in [0.05, 0.1) is 29.0 Å². The van der Waals surface area contributed by atoms with Gasteiger partial charge in [-0.05, 0) is 45.8 Å². The van der Waals surface area contributed by atoms with Crippen molar-refractivity contribution in [1.29, 1.82) is 0 Å². The van der Waals surface area contributed by atoms with E-state index in [4.69, 9.17) is 9.72 Å². The summed E-state index contributed by atoms with van der Waals surface area (Å²) in [5.74, 6) is 0.964. The lowest BCUT2D eigenvalue weighted by atomic mass is 9.94. The number of nitro groups is 1. The molecule has 27 heavy (non-hydrogen) atoms. The van der Waals surface area contributed by atoms with E-state index in [1.807, 2.05) is 0 Å². The number of benzene rings is 1. The lowest BCUT2D eigenvalue weighted by Crippen LogP contribution is -2.39. The van der Waals surface area contributed by atoms with Gasteiger partial charge in [-0.2, -0.15) is 0 Å². The van der Waals surface area contributed by atoms with Crippen LogP contribution in [0.2, 0.25) is 0 Å². The smallest absolute Gasteiger partial charge is 0.270 e. The second kappa shape index (κ2) is 8.14. The molecule has 0 aliphatic carbocycles. The zero-order valence-electron chi connectivity index (χ0n) is 16.1. The number of hydrogen-bond donors (Lipinski definition) is 0. The number of hydrogen-bond acceptors (Lipinski definition) is 6. The van der Waals surface area contributed by atoms with E-state index >= 15 is 0 Å². The van der Waals surface area contributed by atoms with Crippen LogP contribution in [0.5, 0.6) is 0 Å². The molecule has 3 rings (SSSR count). The first-order valence-corrected chi connectivity index (χ1v) is 9.34. The standard InChI is InChI=1S/C19H26N4O4/c1-13(2)21-8-6-14(7-9-21)18-20-17-5-4-15(23(25)26)12-16(17)19(24)22(18)10-11-27-3/h4-5,12-14H,6-11H2,1-3H3. The van der Waals surface area contributed by atoms with Crippen LogP contribution >= 0.6 is 0 Å². The molecule has 146 valence electrons. The van der Waals surface area contributed by atoms with Crippen LogP contribution in [0.15, 0.2) is 23.0 Å². The van der Waals surface area contributed by atoms with E-state index in [0.717, 1.165) is 31.8 Å². The van der Waals surface area contributed by atoms with Gasteiger partial charge >= 0.3 is 0 Å². The molecule has 2 aromatic rings. The lowest BCUT2D eigenvalue weighted by Gasteiger charge is -2.35. The number of rotatable bonds is 6. The Labute approximate surface area is 157 Å². The fourth-order valence-electron chi connectivity index (χ4n) is 3.72. The van der Waals surface area contributed by atoms with Crippen LogP contribution in [0.25, 0.3) is 10.9 Å². The number of likely N-dealkylation sites (tertiary alicyclic amines) is 1. The topological polar surface area (TPSA) is 90.5 Å². The van der Waals surface area contributed by atoms with Crippen molar-refractivity contribution in [2.75, 3.05) is 26.8 Å². The molecule has 8 nitrogen and oxygen atoms in total. The third-order valence-electron chi connectivity index (χ3n) is 5.32. The summed E-state index contributed by atoms with van der Waals surface area (Å²) < 4.78 is 6.81. The van der Waals surface area contributed by atoms with Crippen molar-refractivity contribution in [3.8, 4) is 0 Å². The molecule has 1 aliphatic rings. The van der Waals surface area contributed by atoms with Crippen LogP contribution in [0.4, 0.5) is 5.69 Å². The monoisotopic (exact) mass is 374 g/mol. The Morgan fingerprint density at radius 3 is 2.63 bits per heavy atom. The molecule has 1 aromatic carbocycles. The van der Waals surface area contributed by atoms with E-state index in [2.05, 4.69) is 18.7 Å². The zero-order valence-corrected chi connectivity index (χ0v) is 16.1. The minimum Gasteiger partial charge on any atom is -0.383 e. The Morgan fingerprint density at radius 1 is 1.33 bits per heavy atom. The maximum absolute atomic E-state index is 13.1. The van der Waals surface area contributed by atoms with Crippen molar-refractivity contribution in [3.05, 3.63) is 44.5 Å². The van der Waals surface area contributed by atoms with Crippen molar-refractivity contribution in [1.82, 2.24) is 14.5 Å². The molecular weight excluding hydrogens is 348 g/mol. The number of methoxy groups -OCH3 is 1. The molecule has 0 N–H and O–H groups in total. The molecule has 0 bridgehead atoms. The third-order valence-corrected chi connectivity index (χ3v) is 5.32. The van der Waals surface area contributed by atoms with Gasteiger partial charge in [0.1, 0.15) is 5.82 Å². The molecular formula is C19H26N4O4. The summed E-state index contributed by atoms with van der Waals surface area (Å²) in [6, 6.07) is 4.80. The second-order valence-corrected chi connectivity index (χ2v) is 7.28. The number of nitrogens with zero attached hydrogens (tertiary/aromatic N) is 4. The van der Waals surface area contributed by atoms with E-state index in [1.165, 1.54) is 12.1 Å². The lowest BCUT2D eigenvalue weighted by molar-refractivity contribution is -0.384. The van der Waals surface area contributed by atoms with Crippen molar-refractivity contribution in [3.63, 3.8) is 0 Å². The Hall–Kier alpha value is -2.32. The SMILES string of the molecule is COCCn1c(C2CCN(C(C)C)CC2)nc2ccc([N+](=O)[O-])cc2c1=O. The van der Waals surface area contributed by atoms with E-state index in [-0.39, 0.29) is 22.6 Å². The van der Waals surface area contributed by atoms with Gasteiger partial charge in [0.25, 0.3) is 11.2 Å². The first-order chi connectivity index (χ1) is 12.9. The van der Waals surface area contributed by atoms with E-state index < -0.39 is 4.92 Å². The molecule has 0 saturated carbocycles. The fraction of sp³-hybridized carbons (Fsp3) is 0.579. The normalized spacial score (nSPS) is 16.3. The fourth-order valence-corrected chi connectivity index (χ4v) is 3.72. The number of fused-ring (bicyclic) bond motifs is 1. The summed E-state index contributed by atoms with van der Waals surface area (Å²) in [7, 11) is 1.59. The second-order valence-electron chi connectivity index (χ2n) is 7.28. The van der Waals surface area contributed by atoms with Gasteiger partial charge in [-0.3, -0.25) is 19.5 Å². The molecule has 0 atom stereocenters. The molecule has 0 spiro atoms. The summed E-state index contributed by atoms with van der Waals surface area (Å²) in [5, 5.41) is 11.3. The van der Waals surface area contributed by atoms with Crippen LogP contribution in [0.1, 0.15) is 38.4 Å². The number of aromatic nitrogens is 2. The first-order valence-electron chi connectivity index (χ1n) is 9.34. The van der Waals surface area contributed by atoms with Gasteiger partial charge in [0.2, 0.25) is 0 Å². The highest BCUT2D eigenvalue weighted by molar-refractivity contribution is 5.80. The van der Waals surface area contributed by atoms with Crippen LogP contribution < -0.4 is 5.56 Å². The highest BCUT2D eigenvalue weighted by Gasteiger charge is 2.26. The number of piperidine rings is 1. The molecule has 0 unspecified atom stereocenters. The third kappa shape index (κ3) is 4.01.